The van der Waals surface area contributed by atoms with E-state index in [2.05, 4.69) is 0 Å². The van der Waals surface area contributed by atoms with Crippen LogP contribution in [-0.2, 0) is 19.7 Å². The summed E-state index contributed by atoms with van der Waals surface area (Å²) >= 11 is 0. The van der Waals surface area contributed by atoms with Crippen molar-refractivity contribution in [1.29, 1.82) is 0 Å². The van der Waals surface area contributed by atoms with Crippen molar-refractivity contribution in [2.24, 2.45) is 0 Å². The fourth-order valence-corrected chi connectivity index (χ4v) is 4.64. The van der Waals surface area contributed by atoms with Crippen LogP contribution >= 0.6 is 0 Å². The monoisotopic (exact) mass is 266 g/mol. The van der Waals surface area contributed by atoms with Gasteiger partial charge in [-0.05, 0) is 12.0 Å². The molecule has 0 radical (unpaired) electrons. The van der Waals surface area contributed by atoms with Gasteiger partial charge in [-0.1, -0.05) is 24.3 Å². The van der Waals surface area contributed by atoms with Crippen molar-refractivity contribution in [3.8, 4) is 0 Å². The van der Waals surface area contributed by atoms with Crippen molar-refractivity contribution in [3.63, 3.8) is 0 Å². The lowest BCUT2D eigenvalue weighted by Gasteiger charge is -2.10. The fraction of sp³-hybridized carbons (Fsp3) is 0.333. The second-order valence-electron chi connectivity index (χ2n) is 3.30. The van der Waals surface area contributed by atoms with Crippen LogP contribution in [0.25, 0.3) is 0 Å². The SMILES string of the molecule is CS(=O)(=O)C(=C1C=CC=CC1)S(=O)(=O)CF. The van der Waals surface area contributed by atoms with Crippen LogP contribution < -0.4 is 0 Å². The van der Waals surface area contributed by atoms with E-state index in [0.717, 1.165) is 6.26 Å². The maximum Gasteiger partial charge on any atom is 0.218 e. The molecule has 0 aromatic rings. The lowest BCUT2D eigenvalue weighted by Crippen LogP contribution is -2.16. The third-order valence-corrected chi connectivity index (χ3v) is 5.63. The van der Waals surface area contributed by atoms with Gasteiger partial charge in [0.25, 0.3) is 0 Å². The van der Waals surface area contributed by atoms with Crippen molar-refractivity contribution < 1.29 is 21.2 Å². The van der Waals surface area contributed by atoms with Gasteiger partial charge >= 0.3 is 0 Å². The average molecular weight is 266 g/mol. The summed E-state index contributed by atoms with van der Waals surface area (Å²) in [6.07, 6.45) is 7.06. The summed E-state index contributed by atoms with van der Waals surface area (Å²) in [5.41, 5.74) is 0.0997. The van der Waals surface area contributed by atoms with Crippen LogP contribution in [0.5, 0.6) is 0 Å². The molecule has 0 bridgehead atoms. The Balaban J connectivity index is 3.51. The largest absolute Gasteiger partial charge is 0.233 e. The van der Waals surface area contributed by atoms with Gasteiger partial charge in [0.15, 0.2) is 20.1 Å². The van der Waals surface area contributed by atoms with Crippen molar-refractivity contribution in [2.45, 2.75) is 6.42 Å². The molecule has 0 aromatic heterocycles. The van der Waals surface area contributed by atoms with Crippen molar-refractivity contribution in [3.05, 3.63) is 34.1 Å². The molecule has 0 spiro atoms. The molecule has 4 nitrogen and oxygen atoms in total. The quantitative estimate of drug-likeness (QED) is 0.767. The van der Waals surface area contributed by atoms with Gasteiger partial charge in [-0.25, -0.2) is 21.2 Å². The Morgan fingerprint density at radius 2 is 1.94 bits per heavy atom. The summed E-state index contributed by atoms with van der Waals surface area (Å²) in [7, 11) is -8.35. The van der Waals surface area contributed by atoms with Crippen LogP contribution in [0.2, 0.25) is 0 Å². The molecule has 1 rings (SSSR count). The van der Waals surface area contributed by atoms with Crippen LogP contribution in [0.15, 0.2) is 34.1 Å². The molecule has 16 heavy (non-hydrogen) atoms. The molecule has 0 unspecified atom stereocenters. The number of hydrogen-bond acceptors (Lipinski definition) is 4. The Morgan fingerprint density at radius 3 is 2.31 bits per heavy atom. The fourth-order valence-electron chi connectivity index (χ4n) is 1.38. The lowest BCUT2D eigenvalue weighted by molar-refractivity contribution is 0.539. The molecule has 0 saturated carbocycles. The molecular formula is C9H11FO4S2. The smallest absolute Gasteiger partial charge is 0.218 e. The molecule has 0 heterocycles. The zero-order valence-electron chi connectivity index (χ0n) is 8.55. The number of halogens is 1. The number of alkyl halides is 1. The molecule has 1 aliphatic rings. The molecule has 0 fully saturated rings. The first-order chi connectivity index (χ1) is 7.29. The molecule has 7 heteroatoms. The van der Waals surface area contributed by atoms with Crippen LogP contribution in [0.4, 0.5) is 4.39 Å². The molecule has 0 aromatic carbocycles. The Hall–Kier alpha value is -0.950. The van der Waals surface area contributed by atoms with Crippen molar-refractivity contribution in [1.82, 2.24) is 0 Å². The van der Waals surface area contributed by atoms with Gasteiger partial charge in [0.2, 0.25) is 9.84 Å². The minimum Gasteiger partial charge on any atom is -0.233 e. The van der Waals surface area contributed by atoms with Gasteiger partial charge in [0.1, 0.15) is 0 Å². The minimum absolute atomic E-state index is 0.0997. The predicted octanol–water partition coefficient (Wildman–Crippen LogP) is 1.10. The first-order valence-electron chi connectivity index (χ1n) is 4.34. The van der Waals surface area contributed by atoms with Crippen LogP contribution in [0.1, 0.15) is 6.42 Å². The maximum atomic E-state index is 12.4. The van der Waals surface area contributed by atoms with E-state index in [-0.39, 0.29) is 12.0 Å². The van der Waals surface area contributed by atoms with Crippen LogP contribution in [0.3, 0.4) is 0 Å². The second kappa shape index (κ2) is 4.50. The Bertz CT molecular complexity index is 565. The summed E-state index contributed by atoms with van der Waals surface area (Å²) in [5.74, 6) is 0. The summed E-state index contributed by atoms with van der Waals surface area (Å²) in [5, 5.41) is 0. The highest BCUT2D eigenvalue weighted by molar-refractivity contribution is 8.14. The van der Waals surface area contributed by atoms with Crippen molar-refractivity contribution in [2.75, 3.05) is 12.3 Å². The maximum absolute atomic E-state index is 12.4. The summed E-state index contributed by atoms with van der Waals surface area (Å²) in [6, 6.07) is -1.71. The third-order valence-electron chi connectivity index (χ3n) is 1.91. The molecule has 0 N–H and O–H groups in total. The van der Waals surface area contributed by atoms with Crippen LogP contribution in [-0.4, -0.2) is 29.1 Å². The second-order valence-corrected chi connectivity index (χ2v) is 7.37. The van der Waals surface area contributed by atoms with Gasteiger partial charge < -0.3 is 0 Å². The molecule has 0 aliphatic heterocycles. The molecule has 0 amide bonds. The Labute approximate surface area is 94.0 Å². The zero-order chi connectivity index (χ0) is 12.4. The number of hydrogen-bond donors (Lipinski definition) is 0. The van der Waals surface area contributed by atoms with E-state index < -0.39 is 29.9 Å². The predicted molar refractivity (Wildman–Crippen MR) is 59.7 cm³/mol. The minimum atomic E-state index is -4.38. The Morgan fingerprint density at radius 1 is 1.31 bits per heavy atom. The van der Waals surface area contributed by atoms with Gasteiger partial charge in [-0.15, -0.1) is 0 Å². The third kappa shape index (κ3) is 2.79. The summed E-state index contributed by atoms with van der Waals surface area (Å²) in [4.78, 5) is 0. The number of sulfone groups is 2. The van der Waals surface area contributed by atoms with Crippen molar-refractivity contribution >= 4 is 19.7 Å². The first kappa shape index (κ1) is 13.1. The number of allylic oxidation sites excluding steroid dienone is 5. The van der Waals surface area contributed by atoms with E-state index in [0.29, 0.717) is 0 Å². The standard InChI is InChI=1S/C9H11FO4S2/c1-15(11,12)9(16(13,14)7-10)8-5-3-2-4-6-8/h2-5H,6-7H2,1H3. The summed E-state index contributed by atoms with van der Waals surface area (Å²) in [6.45, 7) is 0. The molecule has 0 saturated heterocycles. The topological polar surface area (TPSA) is 68.3 Å². The van der Waals surface area contributed by atoms with Gasteiger partial charge in [0, 0.05) is 6.26 Å². The van der Waals surface area contributed by atoms with E-state index in [4.69, 9.17) is 0 Å². The normalized spacial score (nSPS) is 19.9. The first-order valence-corrected chi connectivity index (χ1v) is 7.88. The van der Waals surface area contributed by atoms with E-state index in [1.807, 2.05) is 0 Å². The van der Waals surface area contributed by atoms with Gasteiger partial charge in [-0.3, -0.25) is 0 Å². The lowest BCUT2D eigenvalue weighted by atomic mass is 10.1. The molecule has 1 aliphatic carbocycles. The number of rotatable bonds is 3. The van der Waals surface area contributed by atoms with E-state index in [9.17, 15) is 21.2 Å². The highest BCUT2D eigenvalue weighted by atomic mass is 32.3. The highest BCUT2D eigenvalue weighted by Crippen LogP contribution is 2.25. The zero-order valence-corrected chi connectivity index (χ0v) is 10.2. The van der Waals surface area contributed by atoms with E-state index >= 15 is 0 Å². The van der Waals surface area contributed by atoms with E-state index in [1.165, 1.54) is 12.2 Å². The average Bonchev–Trinajstić information content (AvgIpc) is 2.17. The molecule has 0 atom stereocenters. The molecular weight excluding hydrogens is 255 g/mol. The van der Waals surface area contributed by atoms with Crippen LogP contribution in [0, 0.1) is 0 Å². The highest BCUT2D eigenvalue weighted by Gasteiger charge is 2.30. The molecule has 90 valence electrons. The summed E-state index contributed by atoms with van der Waals surface area (Å²) < 4.78 is 57.1. The van der Waals surface area contributed by atoms with Gasteiger partial charge in [0.05, 0.1) is 0 Å². The van der Waals surface area contributed by atoms with Gasteiger partial charge in [-0.2, -0.15) is 0 Å². The Kier molecular flexibility index (Phi) is 3.69. The van der Waals surface area contributed by atoms with E-state index in [1.54, 1.807) is 12.2 Å².